The number of aliphatic hydroxyl groups excluding tert-OH is 1. The SMILES string of the molecule is CCC[C@H](C)Oc1nc(N(Cc2ccc(OC)cc2OC)Cc2ccc(OC)cc2OC)c2ncc([C@H](O)C3CC(NC(=O)OC(C)(C)C)C3)n2n1. The maximum atomic E-state index is 12.3. The number of methoxy groups -OCH3 is 4. The fourth-order valence-corrected chi connectivity index (χ4v) is 6.31. The molecule has 1 saturated carbocycles. The average Bonchev–Trinajstić information content (AvgIpc) is 3.52. The highest BCUT2D eigenvalue weighted by Gasteiger charge is 2.38. The third kappa shape index (κ3) is 9.08. The fraction of sp³-hybridized carbons (Fsp3) is 0.526. The molecule has 2 aromatic heterocycles. The van der Waals surface area contributed by atoms with Crippen molar-refractivity contribution in [1.29, 1.82) is 0 Å². The van der Waals surface area contributed by atoms with E-state index in [9.17, 15) is 9.90 Å². The zero-order chi connectivity index (χ0) is 37.6. The number of aromatic nitrogens is 4. The lowest BCUT2D eigenvalue weighted by molar-refractivity contribution is 0.0207. The normalized spacial score (nSPS) is 16.7. The minimum atomic E-state index is -0.910. The van der Waals surface area contributed by atoms with Crippen molar-refractivity contribution in [2.45, 2.75) is 97.2 Å². The van der Waals surface area contributed by atoms with E-state index in [1.54, 1.807) is 39.2 Å². The molecular formula is C38H52N6O8. The maximum Gasteiger partial charge on any atom is 0.407 e. The van der Waals surface area contributed by atoms with Gasteiger partial charge in [-0.2, -0.15) is 4.98 Å². The molecule has 1 aliphatic rings. The number of benzene rings is 2. The number of amides is 1. The van der Waals surface area contributed by atoms with Crippen LogP contribution in [0.25, 0.3) is 5.65 Å². The lowest BCUT2D eigenvalue weighted by Gasteiger charge is -2.38. The number of nitrogens with zero attached hydrogens (tertiary/aromatic N) is 5. The quantitative estimate of drug-likeness (QED) is 0.134. The minimum Gasteiger partial charge on any atom is -0.497 e. The average molecular weight is 721 g/mol. The number of nitrogens with one attached hydrogen (secondary N) is 1. The Balaban J connectivity index is 1.55. The smallest absolute Gasteiger partial charge is 0.407 e. The summed E-state index contributed by atoms with van der Waals surface area (Å²) in [6.07, 6.45) is 2.97. The summed E-state index contributed by atoms with van der Waals surface area (Å²) in [6.45, 7) is 10.2. The van der Waals surface area contributed by atoms with E-state index in [4.69, 9.17) is 43.5 Å². The number of aliphatic hydroxyl groups is 1. The van der Waals surface area contributed by atoms with Crippen LogP contribution in [0, 0.1) is 5.92 Å². The number of anilines is 1. The van der Waals surface area contributed by atoms with Gasteiger partial charge in [0.1, 0.15) is 34.7 Å². The number of ether oxygens (including phenoxy) is 6. The Kier molecular flexibility index (Phi) is 12.2. The molecule has 0 bridgehead atoms. The second kappa shape index (κ2) is 16.6. The summed E-state index contributed by atoms with van der Waals surface area (Å²) in [6, 6.07) is 11.4. The first-order valence-electron chi connectivity index (χ1n) is 17.6. The first-order chi connectivity index (χ1) is 24.9. The second-order valence-electron chi connectivity index (χ2n) is 14.1. The van der Waals surface area contributed by atoms with E-state index in [-0.39, 0.29) is 24.1 Å². The highest BCUT2D eigenvalue weighted by Crippen LogP contribution is 2.40. The molecule has 2 atom stereocenters. The van der Waals surface area contributed by atoms with Crippen molar-refractivity contribution in [3.05, 3.63) is 59.4 Å². The van der Waals surface area contributed by atoms with Crippen LogP contribution in [0.4, 0.5) is 10.6 Å². The first-order valence-corrected chi connectivity index (χ1v) is 17.6. The number of hydrogen-bond acceptors (Lipinski definition) is 12. The van der Waals surface area contributed by atoms with Crippen molar-refractivity contribution in [3.8, 4) is 29.0 Å². The molecule has 1 aliphatic carbocycles. The third-order valence-electron chi connectivity index (χ3n) is 9.01. The number of carbonyl (C=O) groups is 1. The predicted octanol–water partition coefficient (Wildman–Crippen LogP) is 6.27. The van der Waals surface area contributed by atoms with Gasteiger partial charge in [0.05, 0.1) is 46.4 Å². The van der Waals surface area contributed by atoms with Gasteiger partial charge in [0, 0.05) is 42.4 Å². The third-order valence-corrected chi connectivity index (χ3v) is 9.01. The molecular weight excluding hydrogens is 668 g/mol. The van der Waals surface area contributed by atoms with E-state index >= 15 is 0 Å². The van der Waals surface area contributed by atoms with E-state index < -0.39 is 17.8 Å². The Morgan fingerprint density at radius 2 is 1.58 bits per heavy atom. The van der Waals surface area contributed by atoms with Gasteiger partial charge in [0.2, 0.25) is 0 Å². The van der Waals surface area contributed by atoms with Crippen molar-refractivity contribution >= 4 is 17.6 Å². The first kappa shape index (κ1) is 38.3. The van der Waals surface area contributed by atoms with Crippen LogP contribution in [0.15, 0.2) is 42.6 Å². The van der Waals surface area contributed by atoms with Crippen LogP contribution < -0.4 is 33.9 Å². The van der Waals surface area contributed by atoms with E-state index in [1.165, 1.54) is 0 Å². The summed E-state index contributed by atoms with van der Waals surface area (Å²) in [5.74, 6) is 2.97. The Morgan fingerprint density at radius 1 is 0.981 bits per heavy atom. The molecule has 282 valence electrons. The Morgan fingerprint density at radius 3 is 2.10 bits per heavy atom. The van der Waals surface area contributed by atoms with Crippen molar-refractivity contribution in [3.63, 3.8) is 0 Å². The monoisotopic (exact) mass is 720 g/mol. The van der Waals surface area contributed by atoms with Crippen molar-refractivity contribution in [2.75, 3.05) is 33.3 Å². The molecule has 0 saturated heterocycles. The molecule has 52 heavy (non-hydrogen) atoms. The summed E-state index contributed by atoms with van der Waals surface area (Å²) in [4.78, 5) is 24.1. The lowest BCUT2D eigenvalue weighted by Crippen LogP contribution is -2.47. The van der Waals surface area contributed by atoms with Crippen molar-refractivity contribution < 1.29 is 38.3 Å². The number of rotatable bonds is 16. The zero-order valence-corrected chi connectivity index (χ0v) is 31.6. The molecule has 1 amide bonds. The summed E-state index contributed by atoms with van der Waals surface area (Å²) in [5, 5.41) is 19.3. The number of hydrogen-bond donors (Lipinski definition) is 2. The molecule has 0 spiro atoms. The highest BCUT2D eigenvalue weighted by atomic mass is 16.6. The van der Waals surface area contributed by atoms with Crippen molar-refractivity contribution in [1.82, 2.24) is 24.9 Å². The Labute approximate surface area is 305 Å². The molecule has 0 unspecified atom stereocenters. The van der Waals surface area contributed by atoms with E-state index in [0.717, 1.165) is 24.0 Å². The Hall–Kier alpha value is -4.98. The second-order valence-corrected chi connectivity index (χ2v) is 14.1. The van der Waals surface area contributed by atoms with Gasteiger partial charge in [0.25, 0.3) is 0 Å². The minimum absolute atomic E-state index is 0.109. The molecule has 14 nitrogen and oxygen atoms in total. The zero-order valence-electron chi connectivity index (χ0n) is 31.6. The fourth-order valence-electron chi connectivity index (χ4n) is 6.31. The maximum absolute atomic E-state index is 12.3. The van der Waals surface area contributed by atoms with Gasteiger partial charge in [-0.25, -0.2) is 14.3 Å². The predicted molar refractivity (Wildman–Crippen MR) is 196 cm³/mol. The molecule has 4 aromatic rings. The molecule has 0 radical (unpaired) electrons. The summed E-state index contributed by atoms with van der Waals surface area (Å²) in [7, 11) is 6.47. The van der Waals surface area contributed by atoms with E-state index in [2.05, 4.69) is 17.1 Å². The summed E-state index contributed by atoms with van der Waals surface area (Å²) < 4.78 is 35.8. The molecule has 0 aliphatic heterocycles. The van der Waals surface area contributed by atoms with Crippen LogP contribution in [0.3, 0.4) is 0 Å². The number of imidazole rings is 1. The number of fused-ring (bicyclic) bond motifs is 1. The highest BCUT2D eigenvalue weighted by molar-refractivity contribution is 5.68. The van der Waals surface area contributed by atoms with Crippen LogP contribution in [0.5, 0.6) is 29.0 Å². The van der Waals surface area contributed by atoms with Crippen LogP contribution in [0.2, 0.25) is 0 Å². The van der Waals surface area contributed by atoms with Gasteiger partial charge in [0.15, 0.2) is 11.5 Å². The summed E-state index contributed by atoms with van der Waals surface area (Å²) >= 11 is 0. The molecule has 1 fully saturated rings. The van der Waals surface area contributed by atoms with Gasteiger partial charge < -0.3 is 43.7 Å². The topological polar surface area (TPSA) is 151 Å². The standard InChI is InChI=1S/C38H52N6O8/c1-10-11-23(2)51-36-41-35(34-39-20-30(44(34)42-36)33(45)26-16-27(17-26)40-37(46)52-38(3,4)5)43(21-24-12-14-28(47-6)18-31(24)49-8)22-25-13-15-29(48-7)19-32(25)50-9/h12-15,18-20,23,26-27,33,45H,10-11,16-17,21-22H2,1-9H3,(H,40,46)/t23-,26?,27?,33+/m0/s1. The van der Waals surface area contributed by atoms with Gasteiger partial charge in [-0.05, 0) is 77.1 Å². The van der Waals surface area contributed by atoms with Gasteiger partial charge in [-0.15, -0.1) is 5.10 Å². The van der Waals surface area contributed by atoms with Gasteiger partial charge >= 0.3 is 12.1 Å². The number of alkyl carbamates (subject to hydrolysis) is 1. The lowest BCUT2D eigenvalue weighted by atomic mass is 9.76. The van der Waals surface area contributed by atoms with Crippen LogP contribution in [-0.2, 0) is 17.8 Å². The molecule has 2 N–H and O–H groups in total. The number of carbonyl (C=O) groups excluding carboxylic acids is 1. The summed E-state index contributed by atoms with van der Waals surface area (Å²) in [5.41, 5.74) is 2.09. The van der Waals surface area contributed by atoms with Crippen molar-refractivity contribution in [2.24, 2.45) is 5.92 Å². The van der Waals surface area contributed by atoms with Crippen LogP contribution in [-0.4, -0.2) is 77.0 Å². The van der Waals surface area contributed by atoms with E-state index in [0.29, 0.717) is 66.1 Å². The van der Waals surface area contributed by atoms with Gasteiger partial charge in [-0.1, -0.05) is 13.3 Å². The molecule has 2 aromatic carbocycles. The molecule has 14 heteroatoms. The van der Waals surface area contributed by atoms with E-state index in [1.807, 2.05) is 64.1 Å². The molecule has 2 heterocycles. The molecule has 5 rings (SSSR count). The Bertz CT molecular complexity index is 1760. The van der Waals surface area contributed by atoms with Crippen LogP contribution in [0.1, 0.15) is 83.2 Å². The van der Waals surface area contributed by atoms with Gasteiger partial charge in [-0.3, -0.25) is 0 Å². The van der Waals surface area contributed by atoms with Crippen LogP contribution >= 0.6 is 0 Å². The largest absolute Gasteiger partial charge is 0.497 e.